The predicted molar refractivity (Wildman–Crippen MR) is 74.5 cm³/mol. The highest BCUT2D eigenvalue weighted by Gasteiger charge is 2.10. The minimum atomic E-state index is -0.733. The summed E-state index contributed by atoms with van der Waals surface area (Å²) in [7, 11) is 0. The maximum atomic E-state index is 12.8. The fourth-order valence-corrected chi connectivity index (χ4v) is 2.19. The molecule has 4 heteroatoms. The van der Waals surface area contributed by atoms with Crippen LogP contribution >= 0.6 is 0 Å². The summed E-state index contributed by atoms with van der Waals surface area (Å²) in [6.45, 7) is 0. The Labute approximate surface area is 122 Å². The van der Waals surface area contributed by atoms with Gasteiger partial charge in [-0.05, 0) is 22.9 Å². The molecule has 0 saturated heterocycles. The van der Waals surface area contributed by atoms with Crippen molar-refractivity contribution in [1.29, 1.82) is 0 Å². The first-order valence-electron chi connectivity index (χ1n) is 8.76. The molecule has 4 rings (SSSR count). The molecule has 0 atom stereocenters. The molecule has 0 unspecified atom stereocenters. The number of aromatic amines is 2. The van der Waals surface area contributed by atoms with Gasteiger partial charge in [0.25, 0.3) is 0 Å². The van der Waals surface area contributed by atoms with Crippen LogP contribution in [-0.4, -0.2) is 9.95 Å². The summed E-state index contributed by atoms with van der Waals surface area (Å²) >= 11 is 0. The van der Waals surface area contributed by atoms with Gasteiger partial charge in [-0.1, -0.05) is 47.8 Å². The van der Waals surface area contributed by atoms with Crippen molar-refractivity contribution in [2.24, 2.45) is 0 Å². The van der Waals surface area contributed by atoms with Crippen LogP contribution in [0.5, 0.6) is 11.5 Å². The SMILES string of the molecule is [2H]c1cc([2H])c2c(c1)c([O-])c(-c1c([O-])c3cc([2H])cc([2H])c3n1[2H])n2[2H]. The van der Waals surface area contributed by atoms with Crippen LogP contribution in [0.25, 0.3) is 33.2 Å². The van der Waals surface area contributed by atoms with Gasteiger partial charge in [-0.2, -0.15) is 0 Å². The van der Waals surface area contributed by atoms with E-state index in [9.17, 15) is 10.2 Å². The molecule has 2 N–H and O–H groups in total. The molecule has 0 bridgehead atoms. The van der Waals surface area contributed by atoms with Crippen molar-refractivity contribution in [3.63, 3.8) is 0 Å². The van der Waals surface area contributed by atoms with Crippen molar-refractivity contribution in [1.82, 2.24) is 9.95 Å². The Kier molecular flexibility index (Phi) is 1.24. The minimum absolute atomic E-state index is 0.0515. The summed E-state index contributed by atoms with van der Waals surface area (Å²) in [5, 5.41) is 25.4. The first-order chi connectivity index (χ1) is 12.2. The van der Waals surface area contributed by atoms with E-state index >= 15 is 0 Å². The Balaban J connectivity index is 2.18. The third-order valence-electron chi connectivity index (χ3n) is 3.14. The number of rotatable bonds is 1. The molecule has 0 aliphatic heterocycles. The van der Waals surface area contributed by atoms with Gasteiger partial charge in [0, 0.05) is 11.0 Å². The summed E-state index contributed by atoms with van der Waals surface area (Å²) < 4.78 is 47.5. The molecule has 4 nitrogen and oxygen atoms in total. The van der Waals surface area contributed by atoms with Crippen LogP contribution in [-0.2, 0) is 0 Å². The van der Waals surface area contributed by atoms with E-state index in [0.717, 1.165) is 0 Å². The highest BCUT2D eigenvalue weighted by Crippen LogP contribution is 2.39. The van der Waals surface area contributed by atoms with E-state index in [-0.39, 0.29) is 46.0 Å². The average molecular weight is 268 g/mol. The molecule has 0 aliphatic rings. The van der Waals surface area contributed by atoms with Crippen LogP contribution < -0.4 is 10.2 Å². The van der Waals surface area contributed by atoms with Gasteiger partial charge in [-0.15, -0.1) is 0 Å². The van der Waals surface area contributed by atoms with Gasteiger partial charge in [0.2, 0.25) is 0 Å². The molecule has 0 radical (unpaired) electrons. The largest absolute Gasteiger partial charge is 0.871 e. The number of aromatic nitrogens is 2. The molecule has 0 amide bonds. The lowest BCUT2D eigenvalue weighted by atomic mass is 10.2. The Morgan fingerprint density at radius 3 is 1.75 bits per heavy atom. The first-order valence-corrected chi connectivity index (χ1v) is 5.86. The van der Waals surface area contributed by atoms with Crippen molar-refractivity contribution in [2.75, 3.05) is 0 Å². The molecular weight excluding hydrogens is 252 g/mol. The second kappa shape index (κ2) is 3.81. The van der Waals surface area contributed by atoms with Crippen molar-refractivity contribution in [3.05, 3.63) is 48.4 Å². The van der Waals surface area contributed by atoms with E-state index in [2.05, 4.69) is 0 Å². The number of fused-ring (bicyclic) bond motifs is 2. The third-order valence-corrected chi connectivity index (χ3v) is 3.14. The van der Waals surface area contributed by atoms with Gasteiger partial charge in [0.05, 0.1) is 16.9 Å². The van der Waals surface area contributed by atoms with Gasteiger partial charge in [-0.25, -0.2) is 0 Å². The Hall–Kier alpha value is -2.88. The van der Waals surface area contributed by atoms with E-state index in [0.29, 0.717) is 9.95 Å². The third kappa shape index (κ3) is 1.36. The van der Waals surface area contributed by atoms with Crippen molar-refractivity contribution in [3.8, 4) is 22.9 Å². The molecule has 2 heterocycles. The average Bonchev–Trinajstić information content (AvgIpc) is 2.92. The number of hydrogen-bond acceptors (Lipinski definition) is 2. The zero-order chi connectivity index (χ0) is 18.9. The fraction of sp³-hybridized carbons (Fsp3) is 0. The molecular formula is C16H10N2O2-2. The Bertz CT molecular complexity index is 1130. The molecule has 4 aromatic rings. The number of H-pyrrole nitrogens is 2. The second-order valence-corrected chi connectivity index (χ2v) is 4.30. The molecule has 0 saturated carbocycles. The van der Waals surface area contributed by atoms with Gasteiger partial charge in [0.1, 0.15) is 0 Å². The van der Waals surface area contributed by atoms with Crippen LogP contribution in [0.3, 0.4) is 0 Å². The van der Waals surface area contributed by atoms with Crippen molar-refractivity contribution < 1.29 is 18.5 Å². The fourth-order valence-electron chi connectivity index (χ4n) is 2.19. The smallest absolute Gasteiger partial charge is 0.167 e. The predicted octanol–water partition coefficient (Wildman–Crippen LogP) is 2.46. The van der Waals surface area contributed by atoms with Gasteiger partial charge < -0.3 is 20.2 Å². The van der Waals surface area contributed by atoms with Crippen molar-refractivity contribution >= 4 is 21.8 Å². The summed E-state index contributed by atoms with van der Waals surface area (Å²) in [6.07, 6.45) is 0. The summed E-state index contributed by atoms with van der Waals surface area (Å²) in [5.41, 5.74) is -0.918. The molecule has 98 valence electrons. The molecule has 0 fully saturated rings. The lowest BCUT2D eigenvalue weighted by Crippen LogP contribution is -1.95. The number of para-hydroxylation sites is 2. The van der Waals surface area contributed by atoms with E-state index in [4.69, 9.17) is 8.31 Å². The zero-order valence-corrected chi connectivity index (χ0v) is 10.0. The summed E-state index contributed by atoms with van der Waals surface area (Å²) in [6, 6.07) is 4.22. The standard InChI is InChI=1S/C16H12N2O2/c19-15-9-5-1-3-7-11(9)17-13(15)14-16(20)10-6-2-4-8-12(10)18-14/h1-8,17-20H/p-2/i1D,2D,7D,8D/hD2. The number of benzene rings is 2. The number of nitrogens with one attached hydrogen (secondary N) is 2. The summed E-state index contributed by atoms with van der Waals surface area (Å²) in [5.74, 6) is -1.47. The minimum Gasteiger partial charge on any atom is -0.871 e. The normalized spacial score (nSPS) is 15.6. The van der Waals surface area contributed by atoms with E-state index < -0.39 is 22.9 Å². The van der Waals surface area contributed by atoms with Crippen LogP contribution in [0, 0.1) is 0 Å². The Morgan fingerprint density at radius 2 is 1.30 bits per heavy atom. The maximum absolute atomic E-state index is 12.8. The highest BCUT2D eigenvalue weighted by molar-refractivity contribution is 5.98. The van der Waals surface area contributed by atoms with Crippen molar-refractivity contribution in [2.45, 2.75) is 0 Å². The monoisotopic (exact) mass is 268 g/mol. The van der Waals surface area contributed by atoms with Crippen LogP contribution in [0.15, 0.2) is 48.4 Å². The topological polar surface area (TPSA) is 77.7 Å². The van der Waals surface area contributed by atoms with Crippen LogP contribution in [0.1, 0.15) is 5.48 Å². The van der Waals surface area contributed by atoms with Crippen LogP contribution in [0.4, 0.5) is 0 Å². The lowest BCUT2D eigenvalue weighted by Gasteiger charge is -2.11. The van der Waals surface area contributed by atoms with Gasteiger partial charge >= 0.3 is 0 Å². The molecule has 2 aromatic heterocycles. The summed E-state index contributed by atoms with van der Waals surface area (Å²) in [4.78, 5) is 1.26. The quantitative estimate of drug-likeness (QED) is 0.556. The molecule has 2 aromatic carbocycles. The zero-order valence-electron chi connectivity index (χ0n) is 16.0. The molecule has 20 heavy (non-hydrogen) atoms. The highest BCUT2D eigenvalue weighted by atomic mass is 16.3. The Morgan fingerprint density at radius 1 is 0.850 bits per heavy atom. The molecule has 0 spiro atoms. The lowest BCUT2D eigenvalue weighted by molar-refractivity contribution is -0.268. The molecule has 0 aliphatic carbocycles. The van der Waals surface area contributed by atoms with E-state index in [1.807, 2.05) is 0 Å². The van der Waals surface area contributed by atoms with Gasteiger partial charge in [0.15, 0.2) is 2.82 Å². The van der Waals surface area contributed by atoms with E-state index in [1.54, 1.807) is 0 Å². The number of hydrogen-bond donors (Lipinski definition) is 2. The first kappa shape index (κ1) is 6.52. The van der Waals surface area contributed by atoms with E-state index in [1.165, 1.54) is 24.3 Å². The second-order valence-electron chi connectivity index (χ2n) is 4.30. The van der Waals surface area contributed by atoms with Gasteiger partial charge in [-0.3, -0.25) is 0 Å². The van der Waals surface area contributed by atoms with Crippen LogP contribution in [0.2, 0.25) is 2.82 Å². The maximum Gasteiger partial charge on any atom is 0.167 e.